The SMILES string of the molecule is COc1ccc(S(=O)(=O)C(F)(F)F)cc1S(=O)(=O)Nc1ccccc1NS(=O)(=O)c1ccc(N)cc1. The first-order valence-electron chi connectivity index (χ1n) is 9.58. The van der Waals surface area contributed by atoms with Crippen molar-refractivity contribution in [1.82, 2.24) is 0 Å². The van der Waals surface area contributed by atoms with Crippen LogP contribution in [0.5, 0.6) is 5.75 Å². The third-order valence-corrected chi connectivity index (χ3v) is 8.90. The molecule has 0 heterocycles. The molecule has 16 heteroatoms. The number of para-hydroxylation sites is 2. The number of alkyl halides is 3. The van der Waals surface area contributed by atoms with Crippen molar-refractivity contribution < 1.29 is 43.2 Å². The monoisotopic (exact) mass is 565 g/mol. The van der Waals surface area contributed by atoms with Gasteiger partial charge in [-0.25, -0.2) is 25.3 Å². The van der Waals surface area contributed by atoms with Crippen molar-refractivity contribution in [2.45, 2.75) is 20.2 Å². The molecule has 0 unspecified atom stereocenters. The lowest BCUT2D eigenvalue weighted by atomic mass is 10.3. The molecule has 0 spiro atoms. The van der Waals surface area contributed by atoms with Crippen molar-refractivity contribution in [3.8, 4) is 5.75 Å². The minimum atomic E-state index is -5.87. The van der Waals surface area contributed by atoms with Gasteiger partial charge in [0.05, 0.1) is 28.3 Å². The molecule has 0 bridgehead atoms. The number of nitrogens with two attached hydrogens (primary N) is 1. The second kappa shape index (κ2) is 9.51. The molecule has 10 nitrogen and oxygen atoms in total. The van der Waals surface area contributed by atoms with Gasteiger partial charge in [-0.2, -0.15) is 13.2 Å². The van der Waals surface area contributed by atoms with Crippen LogP contribution in [0.15, 0.2) is 81.4 Å². The highest BCUT2D eigenvalue weighted by atomic mass is 32.2. The summed E-state index contributed by atoms with van der Waals surface area (Å²) in [5.41, 5.74) is -0.342. The van der Waals surface area contributed by atoms with E-state index in [1.54, 1.807) is 0 Å². The lowest BCUT2D eigenvalue weighted by Gasteiger charge is -2.17. The third kappa shape index (κ3) is 5.50. The second-order valence-electron chi connectivity index (χ2n) is 7.09. The van der Waals surface area contributed by atoms with Crippen LogP contribution in [0.25, 0.3) is 0 Å². The van der Waals surface area contributed by atoms with E-state index in [9.17, 15) is 38.4 Å². The summed E-state index contributed by atoms with van der Waals surface area (Å²) in [7, 11) is -13.8. The zero-order chi connectivity index (χ0) is 26.9. The Morgan fingerprint density at radius 1 is 0.750 bits per heavy atom. The number of anilines is 3. The largest absolute Gasteiger partial charge is 0.501 e. The molecule has 0 radical (unpaired) electrons. The predicted molar refractivity (Wildman–Crippen MR) is 125 cm³/mol. The quantitative estimate of drug-likeness (QED) is 0.351. The molecular weight excluding hydrogens is 547 g/mol. The standard InChI is InChI=1S/C20H18F3N3O7S3/c1-33-18-11-10-15(34(27,28)20(21,22)23)12-19(18)36(31,32)26-17-5-3-2-4-16(17)25-35(29,30)14-8-6-13(24)7-9-14/h2-12,25-26H,24H2,1H3. The van der Waals surface area contributed by atoms with E-state index in [1.807, 2.05) is 4.72 Å². The van der Waals surface area contributed by atoms with Gasteiger partial charge in [0.25, 0.3) is 29.9 Å². The maximum absolute atomic E-state index is 13.1. The van der Waals surface area contributed by atoms with Crippen LogP contribution >= 0.6 is 0 Å². The zero-order valence-electron chi connectivity index (χ0n) is 18.1. The normalized spacial score (nSPS) is 12.7. The van der Waals surface area contributed by atoms with Gasteiger partial charge in [0.1, 0.15) is 10.6 Å². The maximum atomic E-state index is 13.1. The van der Waals surface area contributed by atoms with Crippen LogP contribution in [0, 0.1) is 0 Å². The average Bonchev–Trinajstić information content (AvgIpc) is 2.79. The number of benzene rings is 3. The van der Waals surface area contributed by atoms with Gasteiger partial charge in [-0.3, -0.25) is 9.44 Å². The molecule has 194 valence electrons. The van der Waals surface area contributed by atoms with Gasteiger partial charge in [-0.05, 0) is 54.6 Å². The Morgan fingerprint density at radius 2 is 1.25 bits per heavy atom. The summed E-state index contributed by atoms with van der Waals surface area (Å²) in [6, 6.07) is 11.9. The van der Waals surface area contributed by atoms with Crippen molar-refractivity contribution >= 4 is 46.9 Å². The Kier molecular flexibility index (Phi) is 7.16. The van der Waals surface area contributed by atoms with Crippen molar-refractivity contribution in [2.75, 3.05) is 22.3 Å². The Morgan fingerprint density at radius 3 is 1.75 bits per heavy atom. The molecule has 3 aromatic carbocycles. The van der Waals surface area contributed by atoms with Crippen LogP contribution in [0.2, 0.25) is 0 Å². The van der Waals surface area contributed by atoms with E-state index in [2.05, 4.69) is 4.72 Å². The number of sulfone groups is 1. The first kappa shape index (κ1) is 27.1. The number of hydrogen-bond donors (Lipinski definition) is 3. The number of methoxy groups -OCH3 is 1. The summed E-state index contributed by atoms with van der Waals surface area (Å²) in [5, 5.41) is 0. The van der Waals surface area contributed by atoms with Crippen LogP contribution in [0.3, 0.4) is 0 Å². The maximum Gasteiger partial charge on any atom is 0.501 e. The van der Waals surface area contributed by atoms with E-state index in [1.165, 1.54) is 48.5 Å². The van der Waals surface area contributed by atoms with Gasteiger partial charge in [-0.1, -0.05) is 12.1 Å². The number of nitrogens with one attached hydrogen (secondary N) is 2. The zero-order valence-corrected chi connectivity index (χ0v) is 20.6. The fraction of sp³-hybridized carbons (Fsp3) is 0.100. The molecule has 0 saturated carbocycles. The van der Waals surface area contributed by atoms with Gasteiger partial charge in [-0.15, -0.1) is 0 Å². The summed E-state index contributed by atoms with van der Waals surface area (Å²) in [6.45, 7) is 0. The predicted octanol–water partition coefficient (Wildman–Crippen LogP) is 3.17. The summed E-state index contributed by atoms with van der Waals surface area (Å²) in [5.74, 6) is -0.455. The summed E-state index contributed by atoms with van der Waals surface area (Å²) < 4.78 is 123. The van der Waals surface area contributed by atoms with Crippen LogP contribution in [0.1, 0.15) is 0 Å². The molecule has 0 aliphatic carbocycles. The minimum absolute atomic E-state index is 0.180. The smallest absolute Gasteiger partial charge is 0.495 e. The number of nitrogen functional groups attached to an aromatic ring is 1. The van der Waals surface area contributed by atoms with E-state index < -0.39 is 50.9 Å². The van der Waals surface area contributed by atoms with E-state index >= 15 is 0 Å². The number of rotatable bonds is 8. The second-order valence-corrected chi connectivity index (χ2v) is 12.4. The summed E-state index contributed by atoms with van der Waals surface area (Å²) >= 11 is 0. The van der Waals surface area contributed by atoms with Crippen molar-refractivity contribution in [3.63, 3.8) is 0 Å². The van der Waals surface area contributed by atoms with Gasteiger partial charge >= 0.3 is 5.51 Å². The van der Waals surface area contributed by atoms with E-state index in [4.69, 9.17) is 10.5 Å². The lowest BCUT2D eigenvalue weighted by molar-refractivity contribution is -0.0436. The number of sulfonamides is 2. The van der Waals surface area contributed by atoms with Gasteiger partial charge in [0, 0.05) is 5.69 Å². The lowest BCUT2D eigenvalue weighted by Crippen LogP contribution is -2.24. The van der Waals surface area contributed by atoms with Crippen molar-refractivity contribution in [1.29, 1.82) is 0 Å². The number of halogens is 3. The molecule has 0 aliphatic rings. The molecule has 0 aliphatic heterocycles. The first-order chi connectivity index (χ1) is 16.6. The molecular formula is C20H18F3N3O7S3. The van der Waals surface area contributed by atoms with E-state index in [0.717, 1.165) is 13.2 Å². The van der Waals surface area contributed by atoms with E-state index in [0.29, 0.717) is 17.8 Å². The molecule has 36 heavy (non-hydrogen) atoms. The van der Waals surface area contributed by atoms with E-state index in [-0.39, 0.29) is 16.3 Å². The van der Waals surface area contributed by atoms with Crippen LogP contribution < -0.4 is 19.9 Å². The van der Waals surface area contributed by atoms with Crippen molar-refractivity contribution in [3.05, 3.63) is 66.7 Å². The molecule has 0 amide bonds. The Balaban J connectivity index is 2.03. The molecule has 0 aromatic heterocycles. The topological polar surface area (TPSA) is 162 Å². The molecule has 0 saturated heterocycles. The highest BCUT2D eigenvalue weighted by Gasteiger charge is 2.47. The summed E-state index contributed by atoms with van der Waals surface area (Å²) in [4.78, 5) is -2.43. The fourth-order valence-corrected chi connectivity index (χ4v) is 6.10. The molecule has 0 fully saturated rings. The van der Waals surface area contributed by atoms with Gasteiger partial charge in [0.2, 0.25) is 0 Å². The molecule has 3 rings (SSSR count). The Labute approximate surface area is 204 Å². The highest BCUT2D eigenvalue weighted by molar-refractivity contribution is 7.93. The van der Waals surface area contributed by atoms with Gasteiger partial charge < -0.3 is 10.5 Å². The van der Waals surface area contributed by atoms with Crippen molar-refractivity contribution in [2.24, 2.45) is 0 Å². The molecule has 4 N–H and O–H groups in total. The fourth-order valence-electron chi connectivity index (χ4n) is 2.88. The number of ether oxygens (including phenoxy) is 1. The minimum Gasteiger partial charge on any atom is -0.495 e. The Bertz CT molecular complexity index is 1610. The summed E-state index contributed by atoms with van der Waals surface area (Å²) in [6.07, 6.45) is 0. The number of hydrogen-bond acceptors (Lipinski definition) is 8. The highest BCUT2D eigenvalue weighted by Crippen LogP contribution is 2.35. The molecule has 0 atom stereocenters. The molecule has 3 aromatic rings. The Hall–Kier alpha value is -3.50. The van der Waals surface area contributed by atoms with Crippen LogP contribution in [-0.2, 0) is 29.9 Å². The van der Waals surface area contributed by atoms with Gasteiger partial charge in [0.15, 0.2) is 0 Å². The van der Waals surface area contributed by atoms with Crippen LogP contribution in [-0.4, -0.2) is 37.9 Å². The average molecular weight is 566 g/mol. The third-order valence-electron chi connectivity index (χ3n) is 4.65. The first-order valence-corrected chi connectivity index (χ1v) is 14.0. The van der Waals surface area contributed by atoms with Crippen LogP contribution in [0.4, 0.5) is 30.2 Å².